The Morgan fingerprint density at radius 1 is 1.16 bits per heavy atom. The van der Waals surface area contributed by atoms with E-state index in [9.17, 15) is 9.18 Å². The summed E-state index contributed by atoms with van der Waals surface area (Å²) in [6, 6.07) is 15.1. The number of imidazole rings is 1. The number of methoxy groups -OCH3 is 1. The fourth-order valence-corrected chi connectivity index (χ4v) is 5.80. The van der Waals surface area contributed by atoms with Gasteiger partial charge in [-0.15, -0.1) is 0 Å². The van der Waals surface area contributed by atoms with Crippen molar-refractivity contribution in [3.05, 3.63) is 81.9 Å². The Balaban J connectivity index is 1.15. The zero-order valence-electron chi connectivity index (χ0n) is 24.5. The molecule has 228 valence electrons. The third-order valence-corrected chi connectivity index (χ3v) is 8.47. The first kappa shape index (κ1) is 29.8. The molecule has 12 heteroatoms. The number of nitriles is 1. The summed E-state index contributed by atoms with van der Waals surface area (Å²) in [6.07, 6.45) is 1.11. The molecule has 0 bridgehead atoms. The van der Waals surface area contributed by atoms with Crippen molar-refractivity contribution in [3.63, 3.8) is 0 Å². The zero-order valence-corrected chi connectivity index (χ0v) is 25.3. The maximum Gasteiger partial charge on any atom is 0.337 e. The number of anilines is 1. The standard InChI is InChI=1S/C32H32ClFN6O4/c1-20(31-36-27-6-5-22(32(41)42-2)14-28(27)40(31)18-25-7-12-43-25)38-8-10-39(11-9-38)29-15-24(33)16-30(37-29)44-19-23-4-3-21(17-35)13-26(23)34/h3-6,13-16,20,25H,7-12,18-19H2,1-2H3/t20?,25-/m0/s1. The summed E-state index contributed by atoms with van der Waals surface area (Å²) in [4.78, 5) is 26.4. The van der Waals surface area contributed by atoms with Gasteiger partial charge in [-0.1, -0.05) is 17.7 Å². The van der Waals surface area contributed by atoms with Gasteiger partial charge in [-0.05, 0) is 49.7 Å². The van der Waals surface area contributed by atoms with Crippen LogP contribution in [0.2, 0.25) is 5.02 Å². The van der Waals surface area contributed by atoms with E-state index in [1.165, 1.54) is 19.2 Å². The largest absolute Gasteiger partial charge is 0.473 e. The molecule has 10 nitrogen and oxygen atoms in total. The van der Waals surface area contributed by atoms with Gasteiger partial charge >= 0.3 is 5.97 Å². The van der Waals surface area contributed by atoms with Crippen molar-refractivity contribution in [2.45, 2.75) is 38.6 Å². The molecule has 2 aliphatic rings. The first-order valence-electron chi connectivity index (χ1n) is 14.5. The molecule has 0 spiro atoms. The number of pyridine rings is 1. The highest BCUT2D eigenvalue weighted by atomic mass is 35.5. The number of esters is 1. The molecular formula is C32H32ClFN6O4. The van der Waals surface area contributed by atoms with Gasteiger partial charge in [0.05, 0.1) is 54.0 Å². The van der Waals surface area contributed by atoms with Crippen molar-refractivity contribution < 1.29 is 23.4 Å². The van der Waals surface area contributed by atoms with Crippen LogP contribution < -0.4 is 9.64 Å². The van der Waals surface area contributed by atoms with E-state index in [2.05, 4.69) is 26.3 Å². The summed E-state index contributed by atoms with van der Waals surface area (Å²) in [5, 5.41) is 9.44. The minimum absolute atomic E-state index is 0.0136. The normalized spacial score (nSPS) is 17.6. The summed E-state index contributed by atoms with van der Waals surface area (Å²) in [7, 11) is 1.38. The molecule has 4 aromatic rings. The number of fused-ring (bicyclic) bond motifs is 1. The summed E-state index contributed by atoms with van der Waals surface area (Å²) < 4.78 is 33.0. The molecule has 2 atom stereocenters. The van der Waals surface area contributed by atoms with E-state index in [-0.39, 0.29) is 30.3 Å². The second kappa shape index (κ2) is 12.8. The van der Waals surface area contributed by atoms with Gasteiger partial charge < -0.3 is 23.7 Å². The first-order chi connectivity index (χ1) is 21.3. The number of rotatable bonds is 9. The maximum atomic E-state index is 14.3. The fraction of sp³-hybridized carbons (Fsp3) is 0.375. The fourth-order valence-electron chi connectivity index (χ4n) is 5.61. The van der Waals surface area contributed by atoms with Crippen LogP contribution in [-0.2, 0) is 22.6 Å². The summed E-state index contributed by atoms with van der Waals surface area (Å²) >= 11 is 6.42. The third kappa shape index (κ3) is 6.19. The number of hydrogen-bond donors (Lipinski definition) is 0. The van der Waals surface area contributed by atoms with Crippen LogP contribution in [0.3, 0.4) is 0 Å². The van der Waals surface area contributed by atoms with Crippen LogP contribution in [0.15, 0.2) is 48.5 Å². The lowest BCUT2D eigenvalue weighted by molar-refractivity contribution is -0.0594. The molecule has 2 saturated heterocycles. The molecule has 2 aliphatic heterocycles. The Morgan fingerprint density at radius 3 is 2.64 bits per heavy atom. The van der Waals surface area contributed by atoms with E-state index in [0.29, 0.717) is 47.5 Å². The molecule has 2 fully saturated rings. The molecule has 0 N–H and O–H groups in total. The molecule has 4 heterocycles. The first-order valence-corrected chi connectivity index (χ1v) is 14.9. The van der Waals surface area contributed by atoms with Gasteiger partial charge in [0.2, 0.25) is 5.88 Å². The number of carbonyl (C=O) groups is 1. The third-order valence-electron chi connectivity index (χ3n) is 8.25. The number of aromatic nitrogens is 3. The predicted octanol–water partition coefficient (Wildman–Crippen LogP) is 5.13. The minimum Gasteiger partial charge on any atom is -0.473 e. The smallest absolute Gasteiger partial charge is 0.337 e. The van der Waals surface area contributed by atoms with Crippen molar-refractivity contribution in [2.75, 3.05) is 44.8 Å². The average molecular weight is 619 g/mol. The van der Waals surface area contributed by atoms with Gasteiger partial charge in [0.15, 0.2) is 0 Å². The van der Waals surface area contributed by atoms with Crippen LogP contribution >= 0.6 is 11.6 Å². The quantitative estimate of drug-likeness (QED) is 0.236. The number of nitrogens with zero attached hydrogens (tertiary/aromatic N) is 6. The van der Waals surface area contributed by atoms with Crippen molar-refractivity contribution in [2.24, 2.45) is 0 Å². The maximum absolute atomic E-state index is 14.3. The van der Waals surface area contributed by atoms with E-state index < -0.39 is 5.82 Å². The Hall–Kier alpha value is -4.24. The van der Waals surface area contributed by atoms with Gasteiger partial charge in [-0.3, -0.25) is 4.90 Å². The molecule has 0 amide bonds. The molecule has 44 heavy (non-hydrogen) atoms. The highest BCUT2D eigenvalue weighted by Crippen LogP contribution is 2.30. The molecule has 0 aliphatic carbocycles. The van der Waals surface area contributed by atoms with E-state index in [1.807, 2.05) is 18.2 Å². The second-order valence-electron chi connectivity index (χ2n) is 10.9. The van der Waals surface area contributed by atoms with Crippen LogP contribution in [0.1, 0.15) is 46.7 Å². The Labute approximate surface area is 259 Å². The molecular weight excluding hydrogens is 587 g/mol. The monoisotopic (exact) mass is 618 g/mol. The number of piperazine rings is 1. The van der Waals surface area contributed by atoms with Crippen molar-refractivity contribution in [1.29, 1.82) is 5.26 Å². The SMILES string of the molecule is COC(=O)c1ccc2nc(C(C)N3CCN(c4cc(Cl)cc(OCc5ccc(C#N)cc5F)n4)CC3)n(C[C@@H]3CCO3)c2c1. The average Bonchev–Trinajstić information content (AvgIpc) is 3.38. The van der Waals surface area contributed by atoms with Crippen LogP contribution in [0.25, 0.3) is 11.0 Å². The van der Waals surface area contributed by atoms with Crippen molar-refractivity contribution in [1.82, 2.24) is 19.4 Å². The van der Waals surface area contributed by atoms with Crippen LogP contribution in [-0.4, -0.2) is 71.4 Å². The Morgan fingerprint density at radius 2 is 1.95 bits per heavy atom. The lowest BCUT2D eigenvalue weighted by Gasteiger charge is -2.38. The molecule has 0 radical (unpaired) electrons. The molecule has 0 saturated carbocycles. The number of benzene rings is 2. The van der Waals surface area contributed by atoms with Gasteiger partial charge in [0.1, 0.15) is 24.1 Å². The highest BCUT2D eigenvalue weighted by molar-refractivity contribution is 6.30. The van der Waals surface area contributed by atoms with Crippen LogP contribution in [0.4, 0.5) is 10.2 Å². The lowest BCUT2D eigenvalue weighted by atomic mass is 10.1. The predicted molar refractivity (Wildman–Crippen MR) is 162 cm³/mol. The minimum atomic E-state index is -0.505. The van der Waals surface area contributed by atoms with Crippen LogP contribution in [0.5, 0.6) is 5.88 Å². The van der Waals surface area contributed by atoms with Crippen molar-refractivity contribution in [3.8, 4) is 11.9 Å². The van der Waals surface area contributed by atoms with Crippen LogP contribution in [0, 0.1) is 17.1 Å². The number of hydrogen-bond acceptors (Lipinski definition) is 9. The van der Waals surface area contributed by atoms with Gasteiger partial charge in [-0.25, -0.2) is 14.2 Å². The number of carbonyl (C=O) groups excluding carboxylic acids is 1. The molecule has 6 rings (SSSR count). The molecule has 2 aromatic heterocycles. The van der Waals surface area contributed by atoms with E-state index in [4.69, 9.17) is 36.1 Å². The lowest BCUT2D eigenvalue weighted by Crippen LogP contribution is -2.48. The Bertz CT molecular complexity index is 1730. The number of halogens is 2. The zero-order chi connectivity index (χ0) is 30.8. The summed E-state index contributed by atoms with van der Waals surface area (Å²) in [6.45, 7) is 6.49. The van der Waals surface area contributed by atoms with E-state index in [0.717, 1.165) is 43.0 Å². The van der Waals surface area contributed by atoms with Gasteiger partial charge in [0.25, 0.3) is 0 Å². The second-order valence-corrected chi connectivity index (χ2v) is 11.4. The van der Waals surface area contributed by atoms with Gasteiger partial charge in [0, 0.05) is 49.4 Å². The van der Waals surface area contributed by atoms with Crippen molar-refractivity contribution >= 4 is 34.4 Å². The number of ether oxygens (including phenoxy) is 3. The summed E-state index contributed by atoms with van der Waals surface area (Å²) in [5.74, 6) is 1.02. The van der Waals surface area contributed by atoms with E-state index >= 15 is 0 Å². The Kier molecular flexibility index (Phi) is 8.66. The highest BCUT2D eigenvalue weighted by Gasteiger charge is 2.29. The molecule has 2 aromatic carbocycles. The topological polar surface area (TPSA) is 106 Å². The summed E-state index contributed by atoms with van der Waals surface area (Å²) in [5.41, 5.74) is 2.78. The molecule has 1 unspecified atom stereocenters. The van der Waals surface area contributed by atoms with Gasteiger partial charge in [-0.2, -0.15) is 10.2 Å². The van der Waals surface area contributed by atoms with E-state index in [1.54, 1.807) is 24.3 Å².